The molecule has 5 aromatic rings. The molecule has 3 aliphatic heterocycles. The van der Waals surface area contributed by atoms with Crippen LogP contribution in [0.1, 0.15) is 35.6 Å². The number of rotatable bonds is 7. The zero-order chi connectivity index (χ0) is 35.7. The van der Waals surface area contributed by atoms with E-state index in [4.69, 9.17) is 4.74 Å². The first kappa shape index (κ1) is 33.3. The van der Waals surface area contributed by atoms with Crippen molar-refractivity contribution in [2.45, 2.75) is 69.2 Å². The molecular formula is C40H41FN4O5Si. The van der Waals surface area contributed by atoms with Crippen molar-refractivity contribution in [3.05, 3.63) is 130 Å². The van der Waals surface area contributed by atoms with Crippen molar-refractivity contribution in [3.63, 3.8) is 0 Å². The largest absolute Gasteiger partial charge is 0.394 e. The number of anilines is 1. The first-order valence-corrected chi connectivity index (χ1v) is 20.5. The van der Waals surface area contributed by atoms with Crippen LogP contribution in [0, 0.1) is 5.92 Å². The standard InChI is InChI=1S/C40H41FN4O5Si/c1-25-37(51(2,3)41)35(21-36(47)43-23-28-14-8-7-13-27(28)19-30(43)24-46)50-40(25)32-20-29(45-38(48)31-15-9-10-16-33(31)42-45)17-18-34(32)44(39(40)49)22-26-11-5-4-6-12-26/h4-18,20,25,30,35,37,42,46H,19,21-24H2,1-3H3/t25-,30-,35+,37-,40+/m0/s1. The molecule has 0 radical (unpaired) electrons. The van der Waals surface area contributed by atoms with Gasteiger partial charge in [0, 0.05) is 23.6 Å². The molecule has 3 aliphatic rings. The van der Waals surface area contributed by atoms with Gasteiger partial charge < -0.3 is 23.8 Å². The van der Waals surface area contributed by atoms with Crippen LogP contribution in [-0.2, 0) is 39.4 Å². The molecule has 8 rings (SSSR count). The summed E-state index contributed by atoms with van der Waals surface area (Å²) in [6.07, 6.45) is -0.491. The molecule has 1 saturated heterocycles. The molecular weight excluding hydrogens is 664 g/mol. The topological polar surface area (TPSA) is 108 Å². The molecule has 9 nitrogen and oxygen atoms in total. The van der Waals surface area contributed by atoms with Gasteiger partial charge in [-0.2, -0.15) is 0 Å². The van der Waals surface area contributed by atoms with Gasteiger partial charge in [0.1, 0.15) is 0 Å². The SMILES string of the molecule is C[C@H]1[C@H]([Si](C)(C)F)[C@@H](CC(=O)N2Cc3ccccc3C[C@H]2CO)O[C@]12C(=O)N(Cc1ccccc1)c1ccc(-n3[nH]c4ccccc4c3=O)cc12. The highest BCUT2D eigenvalue weighted by Gasteiger charge is 2.67. The Morgan fingerprint density at radius 2 is 1.69 bits per heavy atom. The summed E-state index contributed by atoms with van der Waals surface area (Å²) in [6, 6.07) is 29.8. The molecule has 1 fully saturated rings. The van der Waals surface area contributed by atoms with Gasteiger partial charge in [-0.25, -0.2) is 4.68 Å². The highest BCUT2D eigenvalue weighted by Crippen LogP contribution is 2.60. The quantitative estimate of drug-likeness (QED) is 0.160. The van der Waals surface area contributed by atoms with E-state index in [1.807, 2.05) is 91.9 Å². The second kappa shape index (κ2) is 12.4. The minimum Gasteiger partial charge on any atom is -0.394 e. The summed E-state index contributed by atoms with van der Waals surface area (Å²) >= 11 is 0. The summed E-state index contributed by atoms with van der Waals surface area (Å²) in [6.45, 7) is 5.51. The van der Waals surface area contributed by atoms with Gasteiger partial charge in [-0.15, -0.1) is 0 Å². The Bertz CT molecular complexity index is 2210. The number of H-pyrrole nitrogens is 1. The van der Waals surface area contributed by atoms with Gasteiger partial charge in [0.05, 0.1) is 54.0 Å². The molecule has 4 aromatic carbocycles. The summed E-state index contributed by atoms with van der Waals surface area (Å²) in [5.74, 6) is -1.18. The molecule has 2 N–H and O–H groups in total. The number of benzene rings is 4. The van der Waals surface area contributed by atoms with Crippen LogP contribution >= 0.6 is 0 Å². The van der Waals surface area contributed by atoms with E-state index in [1.54, 1.807) is 35.0 Å². The molecule has 262 valence electrons. The number of carbonyl (C=O) groups excluding carboxylic acids is 2. The van der Waals surface area contributed by atoms with Crippen molar-refractivity contribution < 1.29 is 23.5 Å². The summed E-state index contributed by atoms with van der Waals surface area (Å²) in [5, 5.41) is 14.0. The number of aliphatic hydroxyl groups excluding tert-OH is 1. The third-order valence-corrected chi connectivity index (χ3v) is 13.7. The number of hydrogen-bond acceptors (Lipinski definition) is 5. The maximum atomic E-state index is 16.6. The maximum Gasteiger partial charge on any atom is 0.279 e. The third kappa shape index (κ3) is 5.37. The van der Waals surface area contributed by atoms with E-state index >= 15 is 4.11 Å². The van der Waals surface area contributed by atoms with Crippen molar-refractivity contribution in [2.75, 3.05) is 11.5 Å². The number of halogens is 1. The number of aliphatic hydroxyl groups is 1. The van der Waals surface area contributed by atoms with Gasteiger partial charge in [0.15, 0.2) is 5.60 Å². The Kier molecular flexibility index (Phi) is 8.12. The van der Waals surface area contributed by atoms with Crippen LogP contribution in [0.15, 0.2) is 102 Å². The van der Waals surface area contributed by atoms with Crippen LogP contribution in [-0.4, -0.2) is 58.8 Å². The lowest BCUT2D eigenvalue weighted by atomic mass is 9.82. The molecule has 51 heavy (non-hydrogen) atoms. The van der Waals surface area contributed by atoms with Crippen LogP contribution in [0.3, 0.4) is 0 Å². The molecule has 2 amide bonds. The Labute approximate surface area is 296 Å². The fraction of sp³-hybridized carbons (Fsp3) is 0.325. The van der Waals surface area contributed by atoms with E-state index < -0.39 is 37.6 Å². The fourth-order valence-corrected chi connectivity index (χ4v) is 11.4. The first-order chi connectivity index (χ1) is 24.5. The van der Waals surface area contributed by atoms with Gasteiger partial charge in [0.2, 0.25) is 14.3 Å². The molecule has 1 spiro atoms. The highest BCUT2D eigenvalue weighted by atomic mass is 28.4. The van der Waals surface area contributed by atoms with E-state index in [0.717, 1.165) is 16.7 Å². The number of nitrogens with one attached hydrogen (secondary N) is 1. The Morgan fingerprint density at radius 1 is 0.980 bits per heavy atom. The van der Waals surface area contributed by atoms with Crippen molar-refractivity contribution in [1.82, 2.24) is 14.7 Å². The highest BCUT2D eigenvalue weighted by molar-refractivity contribution is 6.72. The van der Waals surface area contributed by atoms with Gasteiger partial charge in [-0.1, -0.05) is 73.7 Å². The number of ether oxygens (including phenoxy) is 1. The zero-order valence-electron chi connectivity index (χ0n) is 28.9. The first-order valence-electron chi connectivity index (χ1n) is 17.6. The third-order valence-electron chi connectivity index (χ3n) is 11.2. The molecule has 5 atom stereocenters. The zero-order valence-corrected chi connectivity index (χ0v) is 29.9. The summed E-state index contributed by atoms with van der Waals surface area (Å²) in [5.41, 5.74) is 2.88. The number of hydrogen-bond donors (Lipinski definition) is 2. The number of aromatic nitrogens is 2. The molecule has 1 aromatic heterocycles. The Hall–Kier alpha value is -4.84. The average Bonchev–Trinajstić information content (AvgIpc) is 3.71. The van der Waals surface area contributed by atoms with Gasteiger partial charge >= 0.3 is 0 Å². The van der Waals surface area contributed by atoms with E-state index in [-0.39, 0.29) is 36.9 Å². The average molecular weight is 705 g/mol. The van der Waals surface area contributed by atoms with Crippen molar-refractivity contribution in [2.24, 2.45) is 5.92 Å². The van der Waals surface area contributed by atoms with E-state index in [1.165, 1.54) is 4.68 Å². The number of para-hydroxylation sites is 1. The Morgan fingerprint density at radius 3 is 2.41 bits per heavy atom. The van der Waals surface area contributed by atoms with Crippen LogP contribution < -0.4 is 10.5 Å². The summed E-state index contributed by atoms with van der Waals surface area (Å²) < 4.78 is 25.0. The number of fused-ring (bicyclic) bond motifs is 4. The van der Waals surface area contributed by atoms with E-state index in [9.17, 15) is 19.5 Å². The van der Waals surface area contributed by atoms with E-state index in [2.05, 4.69) is 5.10 Å². The minimum absolute atomic E-state index is 0.127. The molecule has 11 heteroatoms. The molecule has 4 heterocycles. The van der Waals surface area contributed by atoms with Crippen molar-refractivity contribution >= 4 is 36.8 Å². The minimum atomic E-state index is -3.58. The molecule has 0 bridgehead atoms. The molecule has 0 saturated carbocycles. The van der Waals surface area contributed by atoms with Crippen molar-refractivity contribution in [3.8, 4) is 5.69 Å². The molecule has 0 aliphatic carbocycles. The smallest absolute Gasteiger partial charge is 0.279 e. The van der Waals surface area contributed by atoms with Gasteiger partial charge in [0.25, 0.3) is 11.5 Å². The number of nitrogens with zero attached hydrogens (tertiary/aromatic N) is 3. The lowest BCUT2D eigenvalue weighted by Gasteiger charge is -2.37. The van der Waals surface area contributed by atoms with Crippen LogP contribution in [0.4, 0.5) is 9.80 Å². The van der Waals surface area contributed by atoms with Crippen molar-refractivity contribution in [1.29, 1.82) is 0 Å². The lowest BCUT2D eigenvalue weighted by molar-refractivity contribution is -0.151. The predicted octanol–water partition coefficient (Wildman–Crippen LogP) is 5.98. The monoisotopic (exact) mass is 704 g/mol. The van der Waals surface area contributed by atoms with Crippen LogP contribution in [0.5, 0.6) is 0 Å². The lowest BCUT2D eigenvalue weighted by Crippen LogP contribution is -2.48. The predicted molar refractivity (Wildman–Crippen MR) is 196 cm³/mol. The summed E-state index contributed by atoms with van der Waals surface area (Å²) in [7, 11) is -3.58. The molecule has 0 unspecified atom stereocenters. The summed E-state index contributed by atoms with van der Waals surface area (Å²) in [4.78, 5) is 46.1. The number of carbonyl (C=O) groups is 2. The number of aromatic amines is 1. The van der Waals surface area contributed by atoms with Crippen LogP contribution in [0.2, 0.25) is 18.6 Å². The maximum absolute atomic E-state index is 16.6. The van der Waals surface area contributed by atoms with Crippen LogP contribution in [0.25, 0.3) is 16.6 Å². The Balaban J connectivity index is 1.22. The number of amides is 2. The normalized spacial score (nSPS) is 24.4. The van der Waals surface area contributed by atoms with Gasteiger partial charge in [-0.05, 0) is 66.5 Å². The van der Waals surface area contributed by atoms with E-state index in [0.29, 0.717) is 40.8 Å². The second-order valence-electron chi connectivity index (χ2n) is 14.7. The van der Waals surface area contributed by atoms with Gasteiger partial charge in [-0.3, -0.25) is 19.5 Å². The fourth-order valence-electron chi connectivity index (χ4n) is 8.87. The second-order valence-corrected chi connectivity index (χ2v) is 18.5.